The number of rotatable bonds is 7. The van der Waals surface area contributed by atoms with Gasteiger partial charge in [0.25, 0.3) is 5.91 Å². The van der Waals surface area contributed by atoms with Crippen molar-refractivity contribution in [1.82, 2.24) is 20.2 Å². The first-order valence-electron chi connectivity index (χ1n) is 10.8. The maximum absolute atomic E-state index is 12.7. The van der Waals surface area contributed by atoms with Gasteiger partial charge in [0, 0.05) is 23.2 Å². The average Bonchev–Trinajstić information content (AvgIpc) is 3.44. The number of oxazole rings is 1. The number of nitrogens with zero attached hydrogens (tertiary/aromatic N) is 3. The first-order valence-corrected chi connectivity index (χ1v) is 12.9. The number of thioether (sulfide) groups is 1. The van der Waals surface area contributed by atoms with Crippen LogP contribution in [0, 0.1) is 12.8 Å². The summed E-state index contributed by atoms with van der Waals surface area (Å²) in [5.41, 5.74) is 2.53. The SMILES string of the molecule is CSc1nc(C(=O)NCc2nc(-c3cccc(NC(=O)[C@@H]4CCCN(C)C4)c3)oc2C)cs1. The summed E-state index contributed by atoms with van der Waals surface area (Å²) in [5, 5.41) is 7.62. The molecule has 1 aromatic carbocycles. The zero-order valence-electron chi connectivity index (χ0n) is 18.9. The standard InChI is InChI=1S/C23H27N5O3S2/c1-14-18(11-24-21(30)19-13-33-23(27-19)32-3)26-22(31-14)15-6-4-8-17(10-15)25-20(29)16-7-5-9-28(2)12-16/h4,6,8,10,13,16H,5,7,9,11-12H2,1-3H3,(H,24,30)(H,25,29)/t16-/m1/s1. The van der Waals surface area contributed by atoms with E-state index in [0.29, 0.717) is 28.7 Å². The highest BCUT2D eigenvalue weighted by Crippen LogP contribution is 2.26. The number of likely N-dealkylation sites (tertiary alicyclic amines) is 1. The summed E-state index contributed by atoms with van der Waals surface area (Å²) in [7, 11) is 2.05. The van der Waals surface area contributed by atoms with Crippen LogP contribution in [-0.4, -0.2) is 53.1 Å². The highest BCUT2D eigenvalue weighted by molar-refractivity contribution is 8.00. The van der Waals surface area contributed by atoms with Crippen LogP contribution in [0.2, 0.25) is 0 Å². The molecule has 0 bridgehead atoms. The van der Waals surface area contributed by atoms with Gasteiger partial charge in [0.2, 0.25) is 11.8 Å². The van der Waals surface area contributed by atoms with Crippen molar-refractivity contribution in [3.8, 4) is 11.5 Å². The van der Waals surface area contributed by atoms with Crippen molar-refractivity contribution in [3.63, 3.8) is 0 Å². The second-order valence-corrected chi connectivity index (χ2v) is 9.99. The topological polar surface area (TPSA) is 100 Å². The van der Waals surface area contributed by atoms with Crippen LogP contribution in [-0.2, 0) is 11.3 Å². The van der Waals surface area contributed by atoms with Gasteiger partial charge in [-0.25, -0.2) is 9.97 Å². The molecule has 0 radical (unpaired) electrons. The lowest BCUT2D eigenvalue weighted by Crippen LogP contribution is -2.38. The maximum atomic E-state index is 12.7. The van der Waals surface area contributed by atoms with Gasteiger partial charge in [-0.1, -0.05) is 17.8 Å². The second kappa shape index (κ2) is 10.5. The molecule has 1 saturated heterocycles. The summed E-state index contributed by atoms with van der Waals surface area (Å²) in [6.45, 7) is 3.87. The number of hydrogen-bond acceptors (Lipinski definition) is 8. The van der Waals surface area contributed by atoms with Gasteiger partial charge in [-0.15, -0.1) is 11.3 Å². The van der Waals surface area contributed by atoms with E-state index < -0.39 is 0 Å². The van der Waals surface area contributed by atoms with E-state index in [1.807, 2.05) is 44.5 Å². The molecule has 0 unspecified atom stereocenters. The Hall–Kier alpha value is -2.69. The molecule has 2 amide bonds. The van der Waals surface area contributed by atoms with Crippen LogP contribution in [0.3, 0.4) is 0 Å². The number of thiazole rings is 1. The predicted octanol–water partition coefficient (Wildman–Crippen LogP) is 4.04. The van der Waals surface area contributed by atoms with Crippen LogP contribution in [0.1, 0.15) is 34.8 Å². The Balaban J connectivity index is 1.40. The fourth-order valence-electron chi connectivity index (χ4n) is 3.78. The maximum Gasteiger partial charge on any atom is 0.271 e. The minimum absolute atomic E-state index is 0.00341. The van der Waals surface area contributed by atoms with Gasteiger partial charge >= 0.3 is 0 Å². The molecule has 1 aliphatic heterocycles. The third kappa shape index (κ3) is 5.82. The molecular weight excluding hydrogens is 458 g/mol. The number of piperidine rings is 1. The van der Waals surface area contributed by atoms with Gasteiger partial charge in [0.15, 0.2) is 0 Å². The van der Waals surface area contributed by atoms with Crippen molar-refractivity contribution in [1.29, 1.82) is 0 Å². The van der Waals surface area contributed by atoms with E-state index in [1.54, 1.807) is 5.38 Å². The Labute approximate surface area is 201 Å². The molecule has 2 aromatic heterocycles. The molecule has 174 valence electrons. The second-order valence-electron chi connectivity index (χ2n) is 8.08. The molecule has 1 fully saturated rings. The number of carbonyl (C=O) groups is 2. The molecule has 0 spiro atoms. The van der Waals surface area contributed by atoms with Crippen molar-refractivity contribution >= 4 is 40.6 Å². The number of benzene rings is 1. The Morgan fingerprint density at radius 2 is 2.18 bits per heavy atom. The summed E-state index contributed by atoms with van der Waals surface area (Å²) in [6.07, 6.45) is 3.87. The van der Waals surface area contributed by atoms with E-state index in [4.69, 9.17) is 4.42 Å². The fourth-order valence-corrected chi connectivity index (χ4v) is 5.02. The van der Waals surface area contributed by atoms with Gasteiger partial charge in [-0.2, -0.15) is 0 Å². The number of hydrogen-bond donors (Lipinski definition) is 2. The van der Waals surface area contributed by atoms with E-state index in [-0.39, 0.29) is 24.3 Å². The highest BCUT2D eigenvalue weighted by atomic mass is 32.2. The number of carbonyl (C=O) groups excluding carboxylic acids is 2. The van der Waals surface area contributed by atoms with Gasteiger partial charge < -0.3 is 20.0 Å². The molecule has 0 saturated carbocycles. The molecule has 1 aliphatic rings. The number of nitrogens with one attached hydrogen (secondary N) is 2. The molecule has 0 aliphatic carbocycles. The number of anilines is 1. The summed E-state index contributed by atoms with van der Waals surface area (Å²) in [5.74, 6) is 0.874. The predicted molar refractivity (Wildman–Crippen MR) is 131 cm³/mol. The van der Waals surface area contributed by atoms with Crippen LogP contribution in [0.5, 0.6) is 0 Å². The zero-order valence-corrected chi connectivity index (χ0v) is 20.5. The van der Waals surface area contributed by atoms with Crippen molar-refractivity contribution in [3.05, 3.63) is 46.8 Å². The fraction of sp³-hybridized carbons (Fsp3) is 0.391. The average molecular weight is 486 g/mol. The molecule has 3 aromatic rings. The van der Waals surface area contributed by atoms with Crippen molar-refractivity contribution in [2.24, 2.45) is 5.92 Å². The van der Waals surface area contributed by atoms with Crippen molar-refractivity contribution < 1.29 is 14.0 Å². The van der Waals surface area contributed by atoms with Crippen LogP contribution < -0.4 is 10.6 Å². The number of amides is 2. The first-order chi connectivity index (χ1) is 15.9. The summed E-state index contributed by atoms with van der Waals surface area (Å²) in [4.78, 5) is 36.1. The third-order valence-corrected chi connectivity index (χ3v) is 7.43. The lowest BCUT2D eigenvalue weighted by atomic mass is 9.97. The molecule has 2 N–H and O–H groups in total. The van der Waals surface area contributed by atoms with Crippen LogP contribution in [0.4, 0.5) is 5.69 Å². The smallest absolute Gasteiger partial charge is 0.271 e. The van der Waals surface area contributed by atoms with Crippen LogP contribution in [0.25, 0.3) is 11.5 Å². The van der Waals surface area contributed by atoms with E-state index in [0.717, 1.165) is 35.8 Å². The number of aryl methyl sites for hydroxylation is 1. The quantitative estimate of drug-likeness (QED) is 0.487. The third-order valence-electron chi connectivity index (χ3n) is 5.57. The lowest BCUT2D eigenvalue weighted by Gasteiger charge is -2.28. The zero-order chi connectivity index (χ0) is 23.4. The highest BCUT2D eigenvalue weighted by Gasteiger charge is 2.24. The van der Waals surface area contributed by atoms with Crippen LogP contribution >= 0.6 is 23.1 Å². The van der Waals surface area contributed by atoms with Gasteiger partial charge in [-0.3, -0.25) is 9.59 Å². The molecule has 10 heteroatoms. The molecule has 1 atom stereocenters. The largest absolute Gasteiger partial charge is 0.441 e. The molecule has 8 nitrogen and oxygen atoms in total. The van der Waals surface area contributed by atoms with Gasteiger partial charge in [0.1, 0.15) is 21.5 Å². The molecule has 3 heterocycles. The molecular formula is C23H27N5O3S2. The van der Waals surface area contributed by atoms with Gasteiger partial charge in [-0.05, 0) is 57.8 Å². The van der Waals surface area contributed by atoms with E-state index in [9.17, 15) is 9.59 Å². The van der Waals surface area contributed by atoms with E-state index >= 15 is 0 Å². The minimum atomic E-state index is -0.242. The lowest BCUT2D eigenvalue weighted by molar-refractivity contribution is -0.121. The molecule has 4 rings (SSSR count). The Bertz CT molecular complexity index is 1140. The Kier molecular flexibility index (Phi) is 7.46. The van der Waals surface area contributed by atoms with Gasteiger partial charge in [0.05, 0.1) is 12.5 Å². The Morgan fingerprint density at radius 1 is 1.33 bits per heavy atom. The van der Waals surface area contributed by atoms with E-state index in [1.165, 1.54) is 23.1 Å². The normalized spacial score (nSPS) is 16.5. The monoisotopic (exact) mass is 485 g/mol. The van der Waals surface area contributed by atoms with Crippen molar-refractivity contribution in [2.75, 3.05) is 31.7 Å². The molecule has 33 heavy (non-hydrogen) atoms. The number of aromatic nitrogens is 2. The summed E-state index contributed by atoms with van der Waals surface area (Å²) in [6, 6.07) is 7.47. The van der Waals surface area contributed by atoms with Crippen LogP contribution in [0.15, 0.2) is 38.4 Å². The minimum Gasteiger partial charge on any atom is -0.441 e. The van der Waals surface area contributed by atoms with E-state index in [2.05, 4.69) is 25.5 Å². The Morgan fingerprint density at radius 3 is 2.94 bits per heavy atom. The van der Waals surface area contributed by atoms with Crippen molar-refractivity contribution in [2.45, 2.75) is 30.6 Å². The summed E-state index contributed by atoms with van der Waals surface area (Å²) >= 11 is 2.95. The summed E-state index contributed by atoms with van der Waals surface area (Å²) < 4.78 is 6.70. The first kappa shape index (κ1) is 23.5.